The molecule has 1 aromatic carbocycles. The Morgan fingerprint density at radius 3 is 2.81 bits per heavy atom. The second-order valence-corrected chi connectivity index (χ2v) is 5.60. The maximum absolute atomic E-state index is 12.3. The molecular formula is C15H19N3O2S. The Morgan fingerprint density at radius 1 is 1.38 bits per heavy atom. The van der Waals surface area contributed by atoms with Crippen molar-refractivity contribution < 1.29 is 9.90 Å². The van der Waals surface area contributed by atoms with Gasteiger partial charge in [0.2, 0.25) is 0 Å². The van der Waals surface area contributed by atoms with Crippen LogP contribution in [0, 0.1) is 0 Å². The second kappa shape index (κ2) is 7.85. The molecule has 5 nitrogen and oxygen atoms in total. The average Bonchev–Trinajstić information content (AvgIpc) is 2.96. The zero-order valence-corrected chi connectivity index (χ0v) is 12.8. The summed E-state index contributed by atoms with van der Waals surface area (Å²) in [6.07, 6.45) is 2.25. The highest BCUT2D eigenvalue weighted by atomic mass is 32.1. The van der Waals surface area contributed by atoms with Gasteiger partial charge < -0.3 is 10.4 Å². The molecule has 0 aliphatic heterocycles. The zero-order chi connectivity index (χ0) is 15.1. The number of amides is 1. The van der Waals surface area contributed by atoms with E-state index in [9.17, 15) is 9.90 Å². The van der Waals surface area contributed by atoms with Crippen molar-refractivity contribution in [1.29, 1.82) is 0 Å². The van der Waals surface area contributed by atoms with Gasteiger partial charge in [-0.25, -0.2) is 0 Å². The van der Waals surface area contributed by atoms with Crippen LogP contribution in [0.2, 0.25) is 0 Å². The molecule has 0 bridgehead atoms. The fraction of sp³-hybridized carbons (Fsp3) is 0.400. The molecule has 2 aromatic rings. The first-order valence-corrected chi connectivity index (χ1v) is 7.78. The van der Waals surface area contributed by atoms with Crippen molar-refractivity contribution in [3.63, 3.8) is 0 Å². The van der Waals surface area contributed by atoms with E-state index < -0.39 is 0 Å². The number of hydrogen-bond donors (Lipinski definition) is 2. The fourth-order valence-corrected chi connectivity index (χ4v) is 2.70. The monoisotopic (exact) mass is 305 g/mol. The van der Waals surface area contributed by atoms with Crippen molar-refractivity contribution in [2.75, 3.05) is 6.61 Å². The van der Waals surface area contributed by atoms with Gasteiger partial charge in [0.1, 0.15) is 4.88 Å². The third-order valence-corrected chi connectivity index (χ3v) is 3.90. The molecule has 0 saturated carbocycles. The molecule has 0 spiro atoms. The van der Waals surface area contributed by atoms with E-state index >= 15 is 0 Å². The quantitative estimate of drug-likeness (QED) is 0.818. The summed E-state index contributed by atoms with van der Waals surface area (Å²) in [5.74, 6) is -0.205. The van der Waals surface area contributed by atoms with Gasteiger partial charge in [-0.05, 0) is 29.9 Å². The third kappa shape index (κ3) is 4.34. The zero-order valence-electron chi connectivity index (χ0n) is 12.0. The van der Waals surface area contributed by atoms with Crippen LogP contribution in [0.3, 0.4) is 0 Å². The van der Waals surface area contributed by atoms with E-state index in [0.717, 1.165) is 35.6 Å². The summed E-state index contributed by atoms with van der Waals surface area (Å²) in [6, 6.07) is 9.47. The lowest BCUT2D eigenvalue weighted by Crippen LogP contribution is -2.39. The maximum Gasteiger partial charge on any atom is 0.265 e. The van der Waals surface area contributed by atoms with Gasteiger partial charge >= 0.3 is 0 Å². The number of benzene rings is 1. The molecule has 112 valence electrons. The molecule has 0 fully saturated rings. The number of carbonyl (C=O) groups excluding carboxylic acids is 1. The van der Waals surface area contributed by atoms with Crippen LogP contribution in [0.25, 0.3) is 0 Å². The Morgan fingerprint density at radius 2 is 2.14 bits per heavy atom. The highest BCUT2D eigenvalue weighted by molar-refractivity contribution is 7.08. The standard InChI is InChI=1S/C15H19N3O2S/c1-2-6-13-14(21-18-17-13)15(20)16-12(10-19)9-11-7-4-3-5-8-11/h3-5,7-8,12,19H,2,6,9-10H2,1H3,(H,16,20)/t12-/m0/s1. The lowest BCUT2D eigenvalue weighted by molar-refractivity contribution is 0.0919. The van der Waals surface area contributed by atoms with Crippen molar-refractivity contribution in [3.05, 3.63) is 46.5 Å². The number of aliphatic hydroxyl groups excluding tert-OH is 1. The molecule has 0 aliphatic carbocycles. The van der Waals surface area contributed by atoms with Gasteiger partial charge in [0, 0.05) is 0 Å². The van der Waals surface area contributed by atoms with Crippen LogP contribution in [-0.4, -0.2) is 33.2 Å². The normalized spacial score (nSPS) is 12.1. The van der Waals surface area contributed by atoms with E-state index in [-0.39, 0.29) is 18.6 Å². The predicted octanol–water partition coefficient (Wildman–Crippen LogP) is 1.82. The summed E-state index contributed by atoms with van der Waals surface area (Å²) in [6.45, 7) is 1.93. The van der Waals surface area contributed by atoms with Crippen molar-refractivity contribution in [2.24, 2.45) is 0 Å². The van der Waals surface area contributed by atoms with Crippen LogP contribution in [-0.2, 0) is 12.8 Å². The molecule has 2 rings (SSSR count). The largest absolute Gasteiger partial charge is 0.394 e. The highest BCUT2D eigenvalue weighted by Crippen LogP contribution is 2.13. The van der Waals surface area contributed by atoms with Crippen LogP contribution in [0.1, 0.15) is 34.3 Å². The predicted molar refractivity (Wildman–Crippen MR) is 82.4 cm³/mol. The molecule has 21 heavy (non-hydrogen) atoms. The van der Waals surface area contributed by atoms with Crippen LogP contribution in [0.4, 0.5) is 0 Å². The van der Waals surface area contributed by atoms with Gasteiger partial charge in [-0.3, -0.25) is 4.79 Å². The SMILES string of the molecule is CCCc1nnsc1C(=O)N[C@H](CO)Cc1ccccc1. The lowest BCUT2D eigenvalue weighted by atomic mass is 10.1. The Kier molecular flexibility index (Phi) is 5.83. The van der Waals surface area contributed by atoms with E-state index in [1.807, 2.05) is 37.3 Å². The number of aliphatic hydroxyl groups is 1. The lowest BCUT2D eigenvalue weighted by Gasteiger charge is -2.16. The summed E-state index contributed by atoms with van der Waals surface area (Å²) >= 11 is 1.10. The Hall–Kier alpha value is -1.79. The summed E-state index contributed by atoms with van der Waals surface area (Å²) in [5, 5.41) is 16.3. The van der Waals surface area contributed by atoms with E-state index in [1.165, 1.54) is 0 Å². The van der Waals surface area contributed by atoms with Crippen LogP contribution in [0.5, 0.6) is 0 Å². The van der Waals surface area contributed by atoms with Crippen molar-refractivity contribution in [3.8, 4) is 0 Å². The molecule has 2 N–H and O–H groups in total. The first kappa shape index (κ1) is 15.6. The van der Waals surface area contributed by atoms with Crippen LogP contribution >= 0.6 is 11.5 Å². The Bertz CT molecular complexity index is 571. The minimum absolute atomic E-state index is 0.101. The highest BCUT2D eigenvalue weighted by Gasteiger charge is 2.19. The Labute approximate surface area is 128 Å². The second-order valence-electron chi connectivity index (χ2n) is 4.84. The molecule has 0 unspecified atom stereocenters. The summed E-state index contributed by atoms with van der Waals surface area (Å²) in [5.41, 5.74) is 1.81. The number of carbonyl (C=O) groups is 1. The van der Waals surface area contributed by atoms with Gasteiger partial charge in [0.25, 0.3) is 5.91 Å². The van der Waals surface area contributed by atoms with Crippen molar-refractivity contribution in [1.82, 2.24) is 14.9 Å². The van der Waals surface area contributed by atoms with Crippen LogP contribution < -0.4 is 5.32 Å². The Balaban J connectivity index is 2.01. The van der Waals surface area contributed by atoms with Gasteiger partial charge in [-0.1, -0.05) is 48.2 Å². The number of aromatic nitrogens is 2. The average molecular weight is 305 g/mol. The van der Waals surface area contributed by atoms with E-state index in [4.69, 9.17) is 0 Å². The van der Waals surface area contributed by atoms with Crippen molar-refractivity contribution in [2.45, 2.75) is 32.2 Å². The first-order chi connectivity index (χ1) is 10.2. The topological polar surface area (TPSA) is 75.1 Å². The van der Waals surface area contributed by atoms with Gasteiger partial charge in [-0.15, -0.1) is 5.10 Å². The molecule has 1 aromatic heterocycles. The van der Waals surface area contributed by atoms with Gasteiger partial charge in [-0.2, -0.15) is 0 Å². The molecule has 6 heteroatoms. The minimum atomic E-state index is -0.309. The number of hydrogen-bond acceptors (Lipinski definition) is 5. The summed E-state index contributed by atoms with van der Waals surface area (Å²) < 4.78 is 3.85. The molecule has 0 aliphatic rings. The number of nitrogens with zero attached hydrogens (tertiary/aromatic N) is 2. The number of nitrogens with one attached hydrogen (secondary N) is 1. The first-order valence-electron chi connectivity index (χ1n) is 7.01. The molecule has 0 saturated heterocycles. The minimum Gasteiger partial charge on any atom is -0.394 e. The number of rotatable bonds is 7. The maximum atomic E-state index is 12.3. The van der Waals surface area contributed by atoms with Crippen LogP contribution in [0.15, 0.2) is 30.3 Å². The third-order valence-electron chi connectivity index (χ3n) is 3.13. The summed E-state index contributed by atoms with van der Waals surface area (Å²) in [4.78, 5) is 12.8. The van der Waals surface area contributed by atoms with Gasteiger partial charge in [0.05, 0.1) is 18.3 Å². The van der Waals surface area contributed by atoms with E-state index in [2.05, 4.69) is 14.9 Å². The fourth-order valence-electron chi connectivity index (χ4n) is 2.09. The van der Waals surface area contributed by atoms with Crippen molar-refractivity contribution >= 4 is 17.4 Å². The molecule has 1 heterocycles. The summed E-state index contributed by atoms with van der Waals surface area (Å²) in [7, 11) is 0. The van der Waals surface area contributed by atoms with E-state index in [0.29, 0.717) is 11.3 Å². The number of aryl methyl sites for hydroxylation is 1. The van der Waals surface area contributed by atoms with E-state index in [1.54, 1.807) is 0 Å². The molecule has 1 amide bonds. The smallest absolute Gasteiger partial charge is 0.265 e. The molecular weight excluding hydrogens is 286 g/mol. The molecule has 1 atom stereocenters. The molecule has 0 radical (unpaired) electrons. The van der Waals surface area contributed by atoms with Gasteiger partial charge in [0.15, 0.2) is 0 Å².